The standard InChI is InChI=1S/C14H16Br2FN3/c1-3-6-18-13(14-12(16)8-19-20(14)2)10-7-9(17)4-5-11(10)15/h4-5,7-8,13,18H,3,6H2,1-2H3. The Balaban J connectivity index is 2.50. The van der Waals surface area contributed by atoms with Crippen LogP contribution in [0, 0.1) is 5.82 Å². The lowest BCUT2D eigenvalue weighted by Gasteiger charge is -2.21. The molecule has 0 saturated carbocycles. The van der Waals surface area contributed by atoms with Gasteiger partial charge in [0.25, 0.3) is 0 Å². The molecule has 20 heavy (non-hydrogen) atoms. The molecule has 0 saturated heterocycles. The number of benzene rings is 1. The van der Waals surface area contributed by atoms with Crippen LogP contribution in [0.5, 0.6) is 0 Å². The third-order valence-electron chi connectivity index (χ3n) is 3.08. The minimum Gasteiger partial charge on any atom is -0.305 e. The van der Waals surface area contributed by atoms with Gasteiger partial charge in [0, 0.05) is 11.5 Å². The van der Waals surface area contributed by atoms with Crippen LogP contribution in [0.2, 0.25) is 0 Å². The Morgan fingerprint density at radius 3 is 2.70 bits per heavy atom. The van der Waals surface area contributed by atoms with Gasteiger partial charge in [-0.3, -0.25) is 4.68 Å². The maximum atomic E-state index is 13.6. The van der Waals surface area contributed by atoms with E-state index in [0.29, 0.717) is 0 Å². The minimum absolute atomic E-state index is 0.123. The summed E-state index contributed by atoms with van der Waals surface area (Å²) in [6.45, 7) is 2.94. The third kappa shape index (κ3) is 3.30. The van der Waals surface area contributed by atoms with E-state index in [0.717, 1.165) is 33.2 Å². The van der Waals surface area contributed by atoms with Crippen molar-refractivity contribution in [3.05, 3.63) is 50.4 Å². The largest absolute Gasteiger partial charge is 0.305 e. The highest BCUT2D eigenvalue weighted by atomic mass is 79.9. The number of halogens is 3. The van der Waals surface area contributed by atoms with E-state index in [1.165, 1.54) is 6.07 Å². The first-order valence-electron chi connectivity index (χ1n) is 6.40. The minimum atomic E-state index is -0.246. The Morgan fingerprint density at radius 1 is 1.35 bits per heavy atom. The van der Waals surface area contributed by atoms with Crippen LogP contribution >= 0.6 is 31.9 Å². The molecular formula is C14H16Br2FN3. The van der Waals surface area contributed by atoms with Crippen molar-refractivity contribution in [1.82, 2.24) is 15.1 Å². The van der Waals surface area contributed by atoms with Crippen molar-refractivity contribution in [1.29, 1.82) is 0 Å². The van der Waals surface area contributed by atoms with Crippen molar-refractivity contribution in [2.75, 3.05) is 6.54 Å². The second-order valence-electron chi connectivity index (χ2n) is 4.55. The summed E-state index contributed by atoms with van der Waals surface area (Å²) in [6, 6.07) is 4.61. The molecule has 0 aliphatic rings. The van der Waals surface area contributed by atoms with Gasteiger partial charge in [0.2, 0.25) is 0 Å². The van der Waals surface area contributed by atoms with Crippen LogP contribution in [0.4, 0.5) is 4.39 Å². The summed E-state index contributed by atoms with van der Waals surface area (Å²) in [5.41, 5.74) is 1.84. The maximum Gasteiger partial charge on any atom is 0.123 e. The smallest absolute Gasteiger partial charge is 0.123 e. The topological polar surface area (TPSA) is 29.9 Å². The molecule has 0 bridgehead atoms. The average Bonchev–Trinajstić information content (AvgIpc) is 2.74. The molecule has 1 aromatic carbocycles. The zero-order valence-corrected chi connectivity index (χ0v) is 14.5. The van der Waals surface area contributed by atoms with E-state index in [1.54, 1.807) is 23.0 Å². The molecule has 2 rings (SSSR count). The Morgan fingerprint density at radius 2 is 2.10 bits per heavy atom. The van der Waals surface area contributed by atoms with Crippen LogP contribution in [-0.2, 0) is 7.05 Å². The van der Waals surface area contributed by atoms with Crippen LogP contribution < -0.4 is 5.32 Å². The summed E-state index contributed by atoms with van der Waals surface area (Å²) >= 11 is 7.02. The predicted octanol–water partition coefficient (Wildman–Crippen LogP) is 4.17. The van der Waals surface area contributed by atoms with Crippen molar-refractivity contribution >= 4 is 31.9 Å². The molecule has 2 aromatic rings. The second-order valence-corrected chi connectivity index (χ2v) is 6.26. The SMILES string of the molecule is CCCNC(c1cc(F)ccc1Br)c1c(Br)cnn1C. The number of rotatable bonds is 5. The van der Waals surface area contributed by atoms with E-state index in [9.17, 15) is 4.39 Å². The Kier molecular flexibility index (Phi) is 5.35. The molecule has 0 aliphatic carbocycles. The first-order valence-corrected chi connectivity index (χ1v) is 7.99. The Labute approximate surface area is 134 Å². The summed E-state index contributed by atoms with van der Waals surface area (Å²) in [5, 5.41) is 7.69. The highest BCUT2D eigenvalue weighted by molar-refractivity contribution is 9.10. The van der Waals surface area contributed by atoms with Gasteiger partial charge in [0.1, 0.15) is 5.82 Å². The van der Waals surface area contributed by atoms with Crippen molar-refractivity contribution in [2.24, 2.45) is 7.05 Å². The van der Waals surface area contributed by atoms with Gasteiger partial charge in [-0.25, -0.2) is 4.39 Å². The molecule has 0 fully saturated rings. The van der Waals surface area contributed by atoms with Crippen molar-refractivity contribution < 1.29 is 4.39 Å². The highest BCUT2D eigenvalue weighted by Gasteiger charge is 2.22. The molecule has 108 valence electrons. The van der Waals surface area contributed by atoms with Gasteiger partial charge in [-0.05, 0) is 52.7 Å². The van der Waals surface area contributed by atoms with Crippen LogP contribution in [0.25, 0.3) is 0 Å². The molecule has 0 aliphatic heterocycles. The van der Waals surface area contributed by atoms with E-state index in [4.69, 9.17) is 0 Å². The summed E-state index contributed by atoms with van der Waals surface area (Å²) in [5.74, 6) is -0.246. The average molecular weight is 405 g/mol. The lowest BCUT2D eigenvalue weighted by molar-refractivity contribution is 0.545. The van der Waals surface area contributed by atoms with E-state index >= 15 is 0 Å². The lowest BCUT2D eigenvalue weighted by Crippen LogP contribution is -2.26. The fourth-order valence-electron chi connectivity index (χ4n) is 2.12. The van der Waals surface area contributed by atoms with Crippen LogP contribution in [0.1, 0.15) is 30.6 Å². The zero-order chi connectivity index (χ0) is 14.7. The van der Waals surface area contributed by atoms with Gasteiger partial charge >= 0.3 is 0 Å². The van der Waals surface area contributed by atoms with Crippen LogP contribution in [-0.4, -0.2) is 16.3 Å². The van der Waals surface area contributed by atoms with Crippen molar-refractivity contribution in [2.45, 2.75) is 19.4 Å². The molecule has 1 N–H and O–H groups in total. The number of aromatic nitrogens is 2. The van der Waals surface area contributed by atoms with E-state index in [1.807, 2.05) is 7.05 Å². The molecule has 1 unspecified atom stereocenters. The monoisotopic (exact) mass is 403 g/mol. The molecule has 0 amide bonds. The number of aryl methyl sites for hydroxylation is 1. The fraction of sp³-hybridized carbons (Fsp3) is 0.357. The first kappa shape index (κ1) is 15.7. The van der Waals surface area contributed by atoms with Crippen molar-refractivity contribution in [3.8, 4) is 0 Å². The summed E-state index contributed by atoms with van der Waals surface area (Å²) in [4.78, 5) is 0. The maximum absolute atomic E-state index is 13.6. The third-order valence-corrected chi connectivity index (χ3v) is 4.41. The Bertz CT molecular complexity index is 579. The van der Waals surface area contributed by atoms with Crippen LogP contribution in [0.15, 0.2) is 33.3 Å². The second kappa shape index (κ2) is 6.83. The van der Waals surface area contributed by atoms with Crippen LogP contribution in [0.3, 0.4) is 0 Å². The molecule has 0 spiro atoms. The molecule has 3 nitrogen and oxygen atoms in total. The number of hydrogen-bond donors (Lipinski definition) is 1. The van der Waals surface area contributed by atoms with Gasteiger partial charge in [-0.2, -0.15) is 5.10 Å². The molecule has 1 heterocycles. The van der Waals surface area contributed by atoms with E-state index < -0.39 is 0 Å². The molecule has 1 atom stereocenters. The van der Waals surface area contributed by atoms with Gasteiger partial charge in [0.15, 0.2) is 0 Å². The van der Waals surface area contributed by atoms with E-state index in [-0.39, 0.29) is 11.9 Å². The van der Waals surface area contributed by atoms with Gasteiger partial charge in [-0.15, -0.1) is 0 Å². The first-order chi connectivity index (χ1) is 9.54. The van der Waals surface area contributed by atoms with Gasteiger partial charge < -0.3 is 5.32 Å². The molecule has 6 heteroatoms. The normalized spacial score (nSPS) is 12.7. The van der Waals surface area contributed by atoms with E-state index in [2.05, 4.69) is 49.2 Å². The van der Waals surface area contributed by atoms with Crippen molar-refractivity contribution in [3.63, 3.8) is 0 Å². The number of nitrogens with zero attached hydrogens (tertiary/aromatic N) is 2. The number of nitrogens with one attached hydrogen (secondary N) is 1. The fourth-order valence-corrected chi connectivity index (χ4v) is 3.18. The zero-order valence-electron chi connectivity index (χ0n) is 11.3. The lowest BCUT2D eigenvalue weighted by atomic mass is 10.0. The summed E-state index contributed by atoms with van der Waals surface area (Å²) in [7, 11) is 1.88. The molecule has 1 aromatic heterocycles. The van der Waals surface area contributed by atoms with Gasteiger partial charge in [-0.1, -0.05) is 22.9 Å². The number of hydrogen-bond acceptors (Lipinski definition) is 2. The molecule has 0 radical (unpaired) electrons. The summed E-state index contributed by atoms with van der Waals surface area (Å²) in [6.07, 6.45) is 2.75. The van der Waals surface area contributed by atoms with Gasteiger partial charge in [0.05, 0.1) is 22.4 Å². The molecular weight excluding hydrogens is 389 g/mol. The summed E-state index contributed by atoms with van der Waals surface area (Å²) < 4.78 is 17.2. The Hall–Kier alpha value is -0.720. The predicted molar refractivity (Wildman–Crippen MR) is 85.1 cm³/mol. The highest BCUT2D eigenvalue weighted by Crippen LogP contribution is 2.32. The quantitative estimate of drug-likeness (QED) is 0.810.